The first-order valence-corrected chi connectivity index (χ1v) is 7.51. The third kappa shape index (κ3) is 3.20. The molecule has 2 unspecified atom stereocenters. The lowest BCUT2D eigenvalue weighted by Crippen LogP contribution is -2.35. The third-order valence-corrected chi connectivity index (χ3v) is 4.32. The number of aromatic nitrogens is 1. The largest absolute Gasteiger partial charge is 0.396 e. The molecule has 1 aliphatic rings. The van der Waals surface area contributed by atoms with E-state index in [1.54, 1.807) is 6.92 Å². The van der Waals surface area contributed by atoms with Gasteiger partial charge in [-0.25, -0.2) is 0 Å². The molecule has 1 heterocycles. The van der Waals surface area contributed by atoms with Crippen LogP contribution in [-0.4, -0.2) is 29.3 Å². The molecule has 2 N–H and O–H groups in total. The summed E-state index contributed by atoms with van der Waals surface area (Å²) in [6, 6.07) is 0. The van der Waals surface area contributed by atoms with Crippen LogP contribution in [0.4, 0.5) is 0 Å². The number of aryl methyl sites for hydroxylation is 2. The molecule has 1 fully saturated rings. The Bertz CT molecular complexity index is 456. The summed E-state index contributed by atoms with van der Waals surface area (Å²) in [6.45, 7) is 4.56. The fourth-order valence-corrected chi connectivity index (χ4v) is 3.06. The lowest BCUT2D eigenvalue weighted by molar-refractivity contribution is 0.0907. The summed E-state index contributed by atoms with van der Waals surface area (Å²) < 4.78 is 5.09. The number of hydrogen-bond donors (Lipinski definition) is 2. The van der Waals surface area contributed by atoms with Gasteiger partial charge in [0.1, 0.15) is 11.3 Å². The first-order chi connectivity index (χ1) is 9.67. The van der Waals surface area contributed by atoms with Crippen LogP contribution in [-0.2, 0) is 6.42 Å². The molecule has 1 aromatic heterocycles. The molecule has 1 saturated carbocycles. The zero-order valence-electron chi connectivity index (χ0n) is 12.3. The van der Waals surface area contributed by atoms with Crippen molar-refractivity contribution in [1.29, 1.82) is 0 Å². The Morgan fingerprint density at radius 2 is 2.10 bits per heavy atom. The quantitative estimate of drug-likeness (QED) is 0.866. The molecule has 0 bridgehead atoms. The minimum Gasteiger partial charge on any atom is -0.396 e. The Labute approximate surface area is 119 Å². The van der Waals surface area contributed by atoms with E-state index in [9.17, 15) is 9.90 Å². The molecule has 0 aliphatic heterocycles. The highest BCUT2D eigenvalue weighted by Gasteiger charge is 2.26. The predicted octanol–water partition coefficient (Wildman–Crippen LogP) is 2.07. The normalized spacial score (nSPS) is 22.8. The second-order valence-electron chi connectivity index (χ2n) is 5.61. The van der Waals surface area contributed by atoms with Crippen molar-refractivity contribution < 1.29 is 14.4 Å². The predicted molar refractivity (Wildman–Crippen MR) is 75.5 cm³/mol. The Morgan fingerprint density at radius 3 is 2.75 bits per heavy atom. The Morgan fingerprint density at radius 1 is 1.40 bits per heavy atom. The van der Waals surface area contributed by atoms with Gasteiger partial charge in [-0.1, -0.05) is 24.9 Å². The molecule has 0 saturated heterocycles. The van der Waals surface area contributed by atoms with Crippen molar-refractivity contribution in [2.45, 2.75) is 46.0 Å². The first-order valence-electron chi connectivity index (χ1n) is 7.51. The topological polar surface area (TPSA) is 75.4 Å². The zero-order chi connectivity index (χ0) is 14.5. The molecule has 5 heteroatoms. The zero-order valence-corrected chi connectivity index (χ0v) is 12.3. The number of aliphatic hydroxyl groups is 1. The van der Waals surface area contributed by atoms with Crippen molar-refractivity contribution in [2.75, 3.05) is 13.2 Å². The van der Waals surface area contributed by atoms with Crippen molar-refractivity contribution in [2.24, 2.45) is 11.8 Å². The summed E-state index contributed by atoms with van der Waals surface area (Å²) in [5, 5.41) is 16.3. The minimum absolute atomic E-state index is 0.108. The van der Waals surface area contributed by atoms with E-state index in [0.29, 0.717) is 41.8 Å². The molecule has 20 heavy (non-hydrogen) atoms. The van der Waals surface area contributed by atoms with Gasteiger partial charge < -0.3 is 14.9 Å². The highest BCUT2D eigenvalue weighted by Crippen LogP contribution is 2.29. The van der Waals surface area contributed by atoms with E-state index < -0.39 is 0 Å². The molecule has 2 rings (SSSR count). The van der Waals surface area contributed by atoms with Crippen LogP contribution in [0.1, 0.15) is 54.4 Å². The average Bonchev–Trinajstić information content (AvgIpc) is 2.86. The van der Waals surface area contributed by atoms with Crippen LogP contribution in [0, 0.1) is 18.8 Å². The maximum atomic E-state index is 12.3. The van der Waals surface area contributed by atoms with Crippen LogP contribution >= 0.6 is 0 Å². The maximum absolute atomic E-state index is 12.3. The molecule has 0 aromatic carbocycles. The van der Waals surface area contributed by atoms with E-state index in [4.69, 9.17) is 4.52 Å². The molecule has 1 aliphatic carbocycles. The highest BCUT2D eigenvalue weighted by molar-refractivity contribution is 5.96. The molecule has 1 aromatic rings. The van der Waals surface area contributed by atoms with E-state index in [1.807, 2.05) is 6.92 Å². The number of hydrogen-bond acceptors (Lipinski definition) is 4. The molecular formula is C15H24N2O3. The Kier molecular flexibility index (Phi) is 5.17. The van der Waals surface area contributed by atoms with Gasteiger partial charge >= 0.3 is 0 Å². The van der Waals surface area contributed by atoms with Crippen LogP contribution in [0.25, 0.3) is 0 Å². The SMILES string of the molecule is CCc1noc(C)c1C(=O)NCC1CCCCC1CO. The van der Waals surface area contributed by atoms with E-state index in [0.717, 1.165) is 12.8 Å². The van der Waals surface area contributed by atoms with Crippen LogP contribution < -0.4 is 5.32 Å². The second kappa shape index (κ2) is 6.88. The van der Waals surface area contributed by atoms with Crippen LogP contribution in [0.5, 0.6) is 0 Å². The summed E-state index contributed by atoms with van der Waals surface area (Å²) in [4.78, 5) is 12.3. The molecule has 1 amide bonds. The number of nitrogens with one attached hydrogen (secondary N) is 1. The number of amides is 1. The summed E-state index contributed by atoms with van der Waals surface area (Å²) >= 11 is 0. The molecule has 0 radical (unpaired) electrons. The van der Waals surface area contributed by atoms with Gasteiger partial charge in [-0.3, -0.25) is 4.79 Å². The van der Waals surface area contributed by atoms with Crippen LogP contribution in [0.2, 0.25) is 0 Å². The minimum atomic E-state index is -0.108. The summed E-state index contributed by atoms with van der Waals surface area (Å²) in [5.74, 6) is 1.16. The average molecular weight is 280 g/mol. The first kappa shape index (κ1) is 15.0. The van der Waals surface area contributed by atoms with Gasteiger partial charge in [0.15, 0.2) is 0 Å². The van der Waals surface area contributed by atoms with Gasteiger partial charge in [-0.15, -0.1) is 0 Å². The van der Waals surface area contributed by atoms with Gasteiger partial charge in [0, 0.05) is 13.2 Å². The van der Waals surface area contributed by atoms with Gasteiger partial charge in [-0.05, 0) is 38.0 Å². The number of aliphatic hydroxyl groups excluding tert-OH is 1. The number of carbonyl (C=O) groups is 1. The van der Waals surface area contributed by atoms with Gasteiger partial charge in [-0.2, -0.15) is 0 Å². The lowest BCUT2D eigenvalue weighted by atomic mass is 9.79. The van der Waals surface area contributed by atoms with Gasteiger partial charge in [0.05, 0.1) is 5.69 Å². The molecule has 112 valence electrons. The Balaban J connectivity index is 1.96. The standard InChI is InChI=1S/C15H24N2O3/c1-3-13-14(10(2)20-17-13)15(19)16-8-11-6-4-5-7-12(11)9-18/h11-12,18H,3-9H2,1-2H3,(H,16,19). The monoisotopic (exact) mass is 280 g/mol. The summed E-state index contributed by atoms with van der Waals surface area (Å²) in [7, 11) is 0. The van der Waals surface area contributed by atoms with Crippen molar-refractivity contribution in [3.63, 3.8) is 0 Å². The number of nitrogens with zero attached hydrogens (tertiary/aromatic N) is 1. The van der Waals surface area contributed by atoms with E-state index in [1.165, 1.54) is 12.8 Å². The molecule has 2 atom stereocenters. The van der Waals surface area contributed by atoms with Crippen LogP contribution in [0.15, 0.2) is 4.52 Å². The van der Waals surface area contributed by atoms with E-state index in [2.05, 4.69) is 10.5 Å². The van der Waals surface area contributed by atoms with E-state index >= 15 is 0 Å². The molecular weight excluding hydrogens is 256 g/mol. The van der Waals surface area contributed by atoms with Crippen molar-refractivity contribution in [1.82, 2.24) is 10.5 Å². The maximum Gasteiger partial charge on any atom is 0.256 e. The Hall–Kier alpha value is -1.36. The smallest absolute Gasteiger partial charge is 0.256 e. The van der Waals surface area contributed by atoms with Crippen molar-refractivity contribution in [3.8, 4) is 0 Å². The van der Waals surface area contributed by atoms with Crippen LogP contribution in [0.3, 0.4) is 0 Å². The number of carbonyl (C=O) groups excluding carboxylic acids is 1. The summed E-state index contributed by atoms with van der Waals surface area (Å²) in [6.07, 6.45) is 5.19. The molecule has 0 spiro atoms. The van der Waals surface area contributed by atoms with E-state index in [-0.39, 0.29) is 12.5 Å². The summed E-state index contributed by atoms with van der Waals surface area (Å²) in [5.41, 5.74) is 1.28. The fourth-order valence-electron chi connectivity index (χ4n) is 3.06. The fraction of sp³-hybridized carbons (Fsp3) is 0.733. The third-order valence-electron chi connectivity index (χ3n) is 4.32. The second-order valence-corrected chi connectivity index (χ2v) is 5.61. The van der Waals surface area contributed by atoms with Crippen molar-refractivity contribution in [3.05, 3.63) is 17.0 Å². The van der Waals surface area contributed by atoms with Crippen molar-refractivity contribution >= 4 is 5.91 Å². The van der Waals surface area contributed by atoms with Gasteiger partial charge in [0.25, 0.3) is 5.91 Å². The molecule has 5 nitrogen and oxygen atoms in total. The number of rotatable bonds is 5. The highest BCUT2D eigenvalue weighted by atomic mass is 16.5. The van der Waals surface area contributed by atoms with Gasteiger partial charge in [0.2, 0.25) is 0 Å². The lowest BCUT2D eigenvalue weighted by Gasteiger charge is -2.30.